The Labute approximate surface area is 162 Å². The zero-order chi connectivity index (χ0) is 19.1. The van der Waals surface area contributed by atoms with Crippen molar-refractivity contribution in [3.63, 3.8) is 0 Å². The summed E-state index contributed by atoms with van der Waals surface area (Å²) < 4.78 is 24.9. The fourth-order valence-electron chi connectivity index (χ4n) is 2.98. The zero-order valence-corrected chi connectivity index (χ0v) is 17.4. The van der Waals surface area contributed by atoms with Gasteiger partial charge in [-0.05, 0) is 38.4 Å². The first-order valence-electron chi connectivity index (χ1n) is 9.08. The molecule has 3 nitrogen and oxygen atoms in total. The third kappa shape index (κ3) is 4.57. The van der Waals surface area contributed by atoms with Crippen LogP contribution in [0.5, 0.6) is 0 Å². The summed E-state index contributed by atoms with van der Waals surface area (Å²) in [5.74, 6) is 0. The summed E-state index contributed by atoms with van der Waals surface area (Å²) in [5, 5.41) is 4.07. The van der Waals surface area contributed by atoms with E-state index in [0.717, 1.165) is 5.30 Å². The van der Waals surface area contributed by atoms with E-state index in [9.17, 15) is 4.57 Å². The van der Waals surface area contributed by atoms with E-state index in [1.54, 1.807) is 0 Å². The van der Waals surface area contributed by atoms with Crippen LogP contribution >= 0.6 is 15.5 Å². The van der Waals surface area contributed by atoms with Gasteiger partial charge in [0.1, 0.15) is 0 Å². The van der Waals surface area contributed by atoms with Gasteiger partial charge in [-0.2, -0.15) is 0 Å². The summed E-state index contributed by atoms with van der Waals surface area (Å²) in [6.07, 6.45) is 0. The third-order valence-corrected chi connectivity index (χ3v) is 8.90. The zero-order valence-electron chi connectivity index (χ0n) is 15.6. The van der Waals surface area contributed by atoms with Gasteiger partial charge < -0.3 is 9.05 Å². The lowest BCUT2D eigenvalue weighted by Crippen LogP contribution is -2.32. The second-order valence-electron chi connectivity index (χ2n) is 5.83. The third-order valence-electron chi connectivity index (χ3n) is 4.04. The minimum Gasteiger partial charge on any atom is -0.305 e. The molecule has 5 heteroatoms. The molecule has 0 atom stereocenters. The first kappa shape index (κ1) is 20.0. The molecular formula is C22H24O3P2. The van der Waals surface area contributed by atoms with Crippen molar-refractivity contribution in [2.45, 2.75) is 13.8 Å². The van der Waals surface area contributed by atoms with E-state index in [1.807, 2.05) is 74.5 Å². The van der Waals surface area contributed by atoms with Crippen LogP contribution in [0.4, 0.5) is 0 Å². The average molecular weight is 398 g/mol. The molecule has 3 aromatic carbocycles. The number of hydrogen-bond donors (Lipinski definition) is 0. The van der Waals surface area contributed by atoms with Gasteiger partial charge in [0.25, 0.3) is 0 Å². The SMILES string of the molecule is CCOP(=O)(OCC)c1ccccc1P(c1ccccc1)c1ccccc1. The van der Waals surface area contributed by atoms with Gasteiger partial charge in [-0.3, -0.25) is 4.57 Å². The highest BCUT2D eigenvalue weighted by molar-refractivity contribution is 7.81. The molecule has 0 heterocycles. The molecule has 0 radical (unpaired) electrons. The monoisotopic (exact) mass is 398 g/mol. The van der Waals surface area contributed by atoms with Gasteiger partial charge in [0, 0.05) is 5.30 Å². The lowest BCUT2D eigenvalue weighted by atomic mass is 10.3. The van der Waals surface area contributed by atoms with Crippen LogP contribution in [-0.2, 0) is 13.6 Å². The average Bonchev–Trinajstić information content (AvgIpc) is 2.71. The van der Waals surface area contributed by atoms with E-state index in [1.165, 1.54) is 10.6 Å². The molecule has 0 N–H and O–H groups in total. The largest absolute Gasteiger partial charge is 0.361 e. The Balaban J connectivity index is 2.21. The molecule has 0 bridgehead atoms. The minimum atomic E-state index is -3.39. The van der Waals surface area contributed by atoms with Crippen LogP contribution in [0.15, 0.2) is 84.9 Å². The number of hydrogen-bond acceptors (Lipinski definition) is 3. The predicted molar refractivity (Wildman–Crippen MR) is 116 cm³/mol. The van der Waals surface area contributed by atoms with Gasteiger partial charge >= 0.3 is 7.60 Å². The molecule has 0 aliphatic rings. The molecule has 140 valence electrons. The highest BCUT2D eigenvalue weighted by Crippen LogP contribution is 2.48. The molecule has 0 amide bonds. The number of rotatable bonds is 8. The fourth-order valence-corrected chi connectivity index (χ4v) is 7.64. The van der Waals surface area contributed by atoms with Gasteiger partial charge in [0.15, 0.2) is 0 Å². The summed E-state index contributed by atoms with van der Waals surface area (Å²) >= 11 is 0. The van der Waals surface area contributed by atoms with E-state index in [-0.39, 0.29) is 0 Å². The molecule has 0 fully saturated rings. The van der Waals surface area contributed by atoms with Gasteiger partial charge in [0.05, 0.1) is 18.5 Å². The normalized spacial score (nSPS) is 11.7. The maximum Gasteiger partial charge on any atom is 0.361 e. The quantitative estimate of drug-likeness (QED) is 0.530. The van der Waals surface area contributed by atoms with Crippen molar-refractivity contribution in [3.8, 4) is 0 Å². The molecule has 0 aliphatic heterocycles. The van der Waals surface area contributed by atoms with Crippen molar-refractivity contribution in [1.82, 2.24) is 0 Å². The van der Waals surface area contributed by atoms with Gasteiger partial charge in [-0.1, -0.05) is 78.9 Å². The van der Waals surface area contributed by atoms with Crippen LogP contribution in [-0.4, -0.2) is 13.2 Å². The second kappa shape index (κ2) is 9.44. The highest BCUT2D eigenvalue weighted by atomic mass is 31.2. The summed E-state index contributed by atoms with van der Waals surface area (Å²) in [5.41, 5.74) is 0. The first-order valence-corrected chi connectivity index (χ1v) is 12.0. The van der Waals surface area contributed by atoms with E-state index in [4.69, 9.17) is 9.05 Å². The van der Waals surface area contributed by atoms with E-state index in [0.29, 0.717) is 18.5 Å². The Morgan fingerprint density at radius 1 is 0.704 bits per heavy atom. The second-order valence-corrected chi connectivity index (χ2v) is 10.0. The van der Waals surface area contributed by atoms with Crippen LogP contribution < -0.4 is 21.2 Å². The van der Waals surface area contributed by atoms with Crippen LogP contribution in [0.3, 0.4) is 0 Å². The van der Waals surface area contributed by atoms with Gasteiger partial charge in [-0.25, -0.2) is 0 Å². The maximum absolute atomic E-state index is 13.6. The van der Waals surface area contributed by atoms with Gasteiger partial charge in [-0.15, -0.1) is 0 Å². The molecule has 27 heavy (non-hydrogen) atoms. The van der Waals surface area contributed by atoms with Crippen molar-refractivity contribution in [1.29, 1.82) is 0 Å². The molecule has 0 saturated heterocycles. The predicted octanol–water partition coefficient (Wildman–Crippen LogP) is 4.34. The Bertz CT molecular complexity index is 848. The molecule has 0 aliphatic carbocycles. The lowest BCUT2D eigenvalue weighted by Gasteiger charge is -2.25. The molecule has 3 rings (SSSR count). The molecule has 0 unspecified atom stereocenters. The molecule has 0 aromatic heterocycles. The van der Waals surface area contributed by atoms with Crippen molar-refractivity contribution in [3.05, 3.63) is 84.9 Å². The Morgan fingerprint density at radius 2 is 1.15 bits per heavy atom. The standard InChI is InChI=1S/C22H24O3P2/c1-3-24-27(23,25-4-2)22-18-12-11-17-21(22)26(19-13-7-5-8-14-19)20-15-9-6-10-16-20/h5-18H,3-4H2,1-2H3. The minimum absolute atomic E-state index is 0.334. The van der Waals surface area contributed by atoms with E-state index < -0.39 is 15.5 Å². The van der Waals surface area contributed by atoms with E-state index in [2.05, 4.69) is 24.3 Å². The van der Waals surface area contributed by atoms with Crippen LogP contribution in [0, 0.1) is 0 Å². The fraction of sp³-hybridized carbons (Fsp3) is 0.182. The lowest BCUT2D eigenvalue weighted by molar-refractivity contribution is 0.230. The summed E-state index contributed by atoms with van der Waals surface area (Å²) in [7, 11) is -4.27. The first-order chi connectivity index (χ1) is 13.2. The summed E-state index contributed by atoms with van der Waals surface area (Å²) in [4.78, 5) is 0. The topological polar surface area (TPSA) is 35.5 Å². The van der Waals surface area contributed by atoms with Crippen LogP contribution in [0.1, 0.15) is 13.8 Å². The van der Waals surface area contributed by atoms with Crippen molar-refractivity contribution in [2.24, 2.45) is 0 Å². The molecule has 0 saturated carbocycles. The van der Waals surface area contributed by atoms with E-state index >= 15 is 0 Å². The van der Waals surface area contributed by atoms with Gasteiger partial charge in [0.2, 0.25) is 0 Å². The highest BCUT2D eigenvalue weighted by Gasteiger charge is 2.32. The molecule has 0 spiro atoms. The summed E-state index contributed by atoms with van der Waals surface area (Å²) in [6, 6.07) is 28.5. The Hall–Kier alpha value is -1.76. The Morgan fingerprint density at radius 3 is 1.63 bits per heavy atom. The Kier molecular flexibility index (Phi) is 6.99. The number of benzene rings is 3. The van der Waals surface area contributed by atoms with Crippen molar-refractivity contribution >= 4 is 36.7 Å². The van der Waals surface area contributed by atoms with Crippen LogP contribution in [0.2, 0.25) is 0 Å². The van der Waals surface area contributed by atoms with Crippen molar-refractivity contribution < 1.29 is 13.6 Å². The maximum atomic E-state index is 13.6. The summed E-state index contributed by atoms with van der Waals surface area (Å²) in [6.45, 7) is 4.34. The molecular weight excluding hydrogens is 374 g/mol. The van der Waals surface area contributed by atoms with Crippen molar-refractivity contribution in [2.75, 3.05) is 13.2 Å². The molecule has 3 aromatic rings. The van der Waals surface area contributed by atoms with Crippen LogP contribution in [0.25, 0.3) is 0 Å². The smallest absolute Gasteiger partial charge is 0.305 e.